The third kappa shape index (κ3) is 6.18. The van der Waals surface area contributed by atoms with Crippen LogP contribution in [0.5, 0.6) is 0 Å². The summed E-state index contributed by atoms with van der Waals surface area (Å²) in [6.07, 6.45) is 6.03. The van der Waals surface area contributed by atoms with Gasteiger partial charge in [0.15, 0.2) is 0 Å². The predicted octanol–water partition coefficient (Wildman–Crippen LogP) is 2.87. The van der Waals surface area contributed by atoms with Crippen LogP contribution in [0, 0.1) is 6.92 Å². The molecule has 0 radical (unpaired) electrons. The van der Waals surface area contributed by atoms with E-state index in [2.05, 4.69) is 21.7 Å². The monoisotopic (exact) mass is 455 g/mol. The molecule has 0 saturated carbocycles. The molecule has 0 unspecified atom stereocenters. The van der Waals surface area contributed by atoms with E-state index in [-0.39, 0.29) is 10.8 Å². The van der Waals surface area contributed by atoms with Crippen LogP contribution in [-0.2, 0) is 23.1 Å². The number of carbonyl (C=O) groups is 1. The van der Waals surface area contributed by atoms with E-state index >= 15 is 0 Å². The first-order valence-corrected chi connectivity index (χ1v) is 11.8. The maximum atomic E-state index is 12.8. The number of imidazole rings is 1. The first-order chi connectivity index (χ1) is 15.3. The van der Waals surface area contributed by atoms with Gasteiger partial charge in [-0.1, -0.05) is 29.8 Å². The van der Waals surface area contributed by atoms with Gasteiger partial charge in [-0.25, -0.2) is 17.7 Å². The molecule has 1 heterocycles. The molecule has 32 heavy (non-hydrogen) atoms. The Morgan fingerprint density at radius 2 is 1.97 bits per heavy atom. The molecule has 0 atom stereocenters. The molecule has 3 aromatic rings. The van der Waals surface area contributed by atoms with Crippen molar-refractivity contribution < 1.29 is 13.2 Å². The molecular formula is C23H29N5O3S. The highest BCUT2D eigenvalue weighted by Crippen LogP contribution is 2.22. The number of amides is 1. The van der Waals surface area contributed by atoms with Crippen molar-refractivity contribution in [3.05, 3.63) is 77.9 Å². The number of hydrogen-bond acceptors (Lipinski definition) is 5. The highest BCUT2D eigenvalue weighted by atomic mass is 32.2. The van der Waals surface area contributed by atoms with Gasteiger partial charge in [0, 0.05) is 57.4 Å². The molecule has 3 rings (SSSR count). The van der Waals surface area contributed by atoms with Crippen molar-refractivity contribution in [2.24, 2.45) is 0 Å². The summed E-state index contributed by atoms with van der Waals surface area (Å²) in [6, 6.07) is 12.7. The Morgan fingerprint density at radius 1 is 1.16 bits per heavy atom. The number of aromatic nitrogens is 2. The third-order valence-corrected chi connectivity index (χ3v) is 6.76. The highest BCUT2D eigenvalue weighted by Gasteiger charge is 2.20. The molecule has 0 aliphatic heterocycles. The van der Waals surface area contributed by atoms with Crippen LogP contribution in [0.15, 0.2) is 66.1 Å². The van der Waals surface area contributed by atoms with Gasteiger partial charge in [-0.3, -0.25) is 4.79 Å². The Balaban J connectivity index is 1.75. The van der Waals surface area contributed by atoms with E-state index in [9.17, 15) is 13.2 Å². The average molecular weight is 456 g/mol. The van der Waals surface area contributed by atoms with Gasteiger partial charge < -0.3 is 15.2 Å². The molecule has 1 aromatic heterocycles. The second-order valence-electron chi connectivity index (χ2n) is 7.79. The standard InChI is InChI=1S/C23H29N5O3S/c1-18-6-4-7-19(12-18)16-26-21-13-20(14-22(15-21)32(30,31)27(2)3)23(29)25-8-5-10-28-11-9-24-17-28/h4,6-7,9,11-15,17,26H,5,8,10,16H2,1-3H3,(H,25,29). The third-order valence-electron chi connectivity index (χ3n) is 4.96. The van der Waals surface area contributed by atoms with Crippen LogP contribution in [0.1, 0.15) is 27.9 Å². The molecule has 9 heteroatoms. The Hall–Kier alpha value is -3.17. The molecule has 170 valence electrons. The molecule has 0 aliphatic carbocycles. The number of aryl methyl sites for hydroxylation is 2. The molecule has 1 amide bonds. The van der Waals surface area contributed by atoms with Crippen LogP contribution >= 0.6 is 0 Å². The molecular weight excluding hydrogens is 426 g/mol. The minimum Gasteiger partial charge on any atom is -0.381 e. The van der Waals surface area contributed by atoms with E-state index in [1.807, 2.05) is 35.9 Å². The maximum absolute atomic E-state index is 12.8. The molecule has 2 aromatic carbocycles. The molecule has 8 nitrogen and oxygen atoms in total. The van der Waals surface area contributed by atoms with Crippen LogP contribution < -0.4 is 10.6 Å². The minimum atomic E-state index is -3.70. The van der Waals surface area contributed by atoms with Crippen LogP contribution in [-0.4, -0.2) is 48.8 Å². The summed E-state index contributed by atoms with van der Waals surface area (Å²) in [6.45, 7) is 3.73. The van der Waals surface area contributed by atoms with E-state index in [4.69, 9.17) is 0 Å². The predicted molar refractivity (Wildman–Crippen MR) is 125 cm³/mol. The SMILES string of the molecule is Cc1cccc(CNc2cc(C(=O)NCCCn3ccnc3)cc(S(=O)(=O)N(C)C)c2)c1. The van der Waals surface area contributed by atoms with Crippen molar-refractivity contribution in [1.29, 1.82) is 0 Å². The zero-order chi connectivity index (χ0) is 23.1. The zero-order valence-corrected chi connectivity index (χ0v) is 19.4. The molecule has 0 saturated heterocycles. The van der Waals surface area contributed by atoms with Crippen molar-refractivity contribution in [3.8, 4) is 0 Å². The normalized spacial score (nSPS) is 11.5. The van der Waals surface area contributed by atoms with Gasteiger partial charge in [0.05, 0.1) is 11.2 Å². The van der Waals surface area contributed by atoms with Gasteiger partial charge >= 0.3 is 0 Å². The lowest BCUT2D eigenvalue weighted by atomic mass is 10.1. The topological polar surface area (TPSA) is 96.3 Å². The van der Waals surface area contributed by atoms with Crippen molar-refractivity contribution in [1.82, 2.24) is 19.2 Å². The number of anilines is 1. The summed E-state index contributed by atoms with van der Waals surface area (Å²) in [5, 5.41) is 6.12. The second kappa shape index (κ2) is 10.4. The zero-order valence-electron chi connectivity index (χ0n) is 18.6. The van der Waals surface area contributed by atoms with Crippen LogP contribution in [0.2, 0.25) is 0 Å². The number of carbonyl (C=O) groups excluding carboxylic acids is 1. The molecule has 0 aliphatic rings. The fraction of sp³-hybridized carbons (Fsp3) is 0.304. The summed E-state index contributed by atoms with van der Waals surface area (Å²) < 4.78 is 28.5. The summed E-state index contributed by atoms with van der Waals surface area (Å²) in [5.41, 5.74) is 3.07. The average Bonchev–Trinajstić information content (AvgIpc) is 3.28. The Kier molecular flexibility index (Phi) is 7.66. The molecule has 0 bridgehead atoms. The van der Waals surface area contributed by atoms with Crippen molar-refractivity contribution in [3.63, 3.8) is 0 Å². The van der Waals surface area contributed by atoms with E-state index in [1.54, 1.807) is 24.7 Å². The number of hydrogen-bond donors (Lipinski definition) is 2. The largest absolute Gasteiger partial charge is 0.381 e. The van der Waals surface area contributed by atoms with Crippen LogP contribution in [0.3, 0.4) is 0 Å². The number of nitrogens with one attached hydrogen (secondary N) is 2. The second-order valence-corrected chi connectivity index (χ2v) is 9.94. The minimum absolute atomic E-state index is 0.0697. The van der Waals surface area contributed by atoms with E-state index in [1.165, 1.54) is 20.2 Å². The lowest BCUT2D eigenvalue weighted by molar-refractivity contribution is 0.0952. The van der Waals surface area contributed by atoms with E-state index < -0.39 is 10.0 Å². The van der Waals surface area contributed by atoms with Crippen LogP contribution in [0.4, 0.5) is 5.69 Å². The molecule has 0 spiro atoms. The van der Waals surface area contributed by atoms with Gasteiger partial charge in [-0.2, -0.15) is 0 Å². The fourth-order valence-corrected chi connectivity index (χ4v) is 4.18. The Bertz CT molecular complexity index is 1160. The number of benzene rings is 2. The molecule has 0 fully saturated rings. The smallest absolute Gasteiger partial charge is 0.251 e. The molecule has 2 N–H and O–H groups in total. The summed E-state index contributed by atoms with van der Waals surface area (Å²) in [7, 11) is -0.756. The van der Waals surface area contributed by atoms with Gasteiger partial charge in [0.1, 0.15) is 0 Å². The van der Waals surface area contributed by atoms with Gasteiger partial charge in [-0.05, 0) is 37.1 Å². The van der Waals surface area contributed by atoms with Crippen molar-refractivity contribution >= 4 is 21.6 Å². The summed E-state index contributed by atoms with van der Waals surface area (Å²) in [4.78, 5) is 16.8. The lowest BCUT2D eigenvalue weighted by Gasteiger charge is -2.15. The maximum Gasteiger partial charge on any atom is 0.251 e. The van der Waals surface area contributed by atoms with E-state index in [0.717, 1.165) is 28.4 Å². The highest BCUT2D eigenvalue weighted by molar-refractivity contribution is 7.89. The number of sulfonamides is 1. The fourth-order valence-electron chi connectivity index (χ4n) is 3.20. The van der Waals surface area contributed by atoms with Crippen molar-refractivity contribution in [2.45, 2.75) is 31.3 Å². The van der Waals surface area contributed by atoms with Gasteiger partial charge in [-0.15, -0.1) is 0 Å². The number of rotatable bonds is 10. The quantitative estimate of drug-likeness (QED) is 0.458. The Morgan fingerprint density at radius 3 is 2.66 bits per heavy atom. The van der Waals surface area contributed by atoms with Gasteiger partial charge in [0.25, 0.3) is 5.91 Å². The Labute approximate surface area is 189 Å². The number of nitrogens with zero attached hydrogens (tertiary/aromatic N) is 3. The van der Waals surface area contributed by atoms with Crippen LogP contribution in [0.25, 0.3) is 0 Å². The summed E-state index contributed by atoms with van der Waals surface area (Å²) >= 11 is 0. The van der Waals surface area contributed by atoms with Crippen molar-refractivity contribution in [2.75, 3.05) is 26.0 Å². The van der Waals surface area contributed by atoms with Gasteiger partial charge in [0.2, 0.25) is 10.0 Å². The lowest BCUT2D eigenvalue weighted by Crippen LogP contribution is -2.26. The van der Waals surface area contributed by atoms with E-state index in [0.29, 0.717) is 24.3 Å². The summed E-state index contributed by atoms with van der Waals surface area (Å²) in [5.74, 6) is -0.315. The first kappa shape index (κ1) is 23.5. The first-order valence-electron chi connectivity index (χ1n) is 10.4.